The quantitative estimate of drug-likeness (QED) is 0.393. The van der Waals surface area contributed by atoms with Crippen molar-refractivity contribution in [2.45, 2.75) is 0 Å². The Morgan fingerprint density at radius 1 is 0.964 bits per heavy atom. The van der Waals surface area contributed by atoms with Gasteiger partial charge in [-0.05, 0) is 48.0 Å². The molecule has 0 bridgehead atoms. The van der Waals surface area contributed by atoms with Gasteiger partial charge < -0.3 is 19.7 Å². The van der Waals surface area contributed by atoms with Gasteiger partial charge >= 0.3 is 11.9 Å². The van der Waals surface area contributed by atoms with Gasteiger partial charge in [-0.2, -0.15) is 5.10 Å². The summed E-state index contributed by atoms with van der Waals surface area (Å²) in [5.41, 5.74) is 3.25. The number of carboxylic acids is 2. The molecule has 0 aliphatic heterocycles. The number of rotatable bonds is 9. The summed E-state index contributed by atoms with van der Waals surface area (Å²) in [5, 5.41) is 21.3. The van der Waals surface area contributed by atoms with E-state index in [4.69, 9.17) is 19.7 Å². The first-order valence-electron chi connectivity index (χ1n) is 7.77. The van der Waals surface area contributed by atoms with Gasteiger partial charge in [0, 0.05) is 10.0 Å². The lowest BCUT2D eigenvalue weighted by molar-refractivity contribution is -0.140. The standard InChI is InChI=1S/C18H15BrN2O7/c19-13-4-2-12(3-5-13)18(26)21-20-8-11-1-6-14(27-9-16(22)23)15(7-11)28-10-17(24)25/h1-8H,9-10H2,(H,21,26)(H,22,23)(H,24,25)/b20-8+. The zero-order valence-corrected chi connectivity index (χ0v) is 15.9. The molecule has 2 aromatic rings. The average molecular weight is 451 g/mol. The lowest BCUT2D eigenvalue weighted by Crippen LogP contribution is -2.17. The van der Waals surface area contributed by atoms with Gasteiger partial charge in [-0.25, -0.2) is 15.0 Å². The lowest BCUT2D eigenvalue weighted by atomic mass is 10.2. The molecule has 0 aliphatic carbocycles. The molecule has 0 saturated heterocycles. The van der Waals surface area contributed by atoms with Crippen molar-refractivity contribution < 1.29 is 34.1 Å². The van der Waals surface area contributed by atoms with Crippen molar-refractivity contribution in [1.82, 2.24) is 5.43 Å². The predicted molar refractivity (Wildman–Crippen MR) is 102 cm³/mol. The molecule has 0 unspecified atom stereocenters. The van der Waals surface area contributed by atoms with Gasteiger partial charge in [0.2, 0.25) is 0 Å². The SMILES string of the molecule is O=C(O)COc1ccc(/C=N/NC(=O)c2ccc(Br)cc2)cc1OCC(=O)O. The minimum Gasteiger partial charge on any atom is -0.479 e. The number of carbonyl (C=O) groups excluding carboxylic acids is 1. The van der Waals surface area contributed by atoms with E-state index in [1.165, 1.54) is 18.3 Å². The van der Waals surface area contributed by atoms with Crippen LogP contribution >= 0.6 is 15.9 Å². The molecule has 0 radical (unpaired) electrons. The molecule has 9 nitrogen and oxygen atoms in total. The normalized spacial score (nSPS) is 10.5. The van der Waals surface area contributed by atoms with Crippen LogP contribution in [0.1, 0.15) is 15.9 Å². The van der Waals surface area contributed by atoms with E-state index in [-0.39, 0.29) is 11.5 Å². The molecule has 0 spiro atoms. The van der Waals surface area contributed by atoms with Gasteiger partial charge in [0.05, 0.1) is 6.21 Å². The third kappa shape index (κ3) is 6.72. The number of halogens is 1. The van der Waals surface area contributed by atoms with Crippen molar-refractivity contribution in [3.63, 3.8) is 0 Å². The van der Waals surface area contributed by atoms with E-state index in [1.54, 1.807) is 30.3 Å². The first-order chi connectivity index (χ1) is 13.3. The topological polar surface area (TPSA) is 135 Å². The highest BCUT2D eigenvalue weighted by atomic mass is 79.9. The van der Waals surface area contributed by atoms with Crippen LogP contribution in [0.15, 0.2) is 52.0 Å². The monoisotopic (exact) mass is 450 g/mol. The molecule has 146 valence electrons. The molecule has 0 aliphatic rings. The van der Waals surface area contributed by atoms with Gasteiger partial charge in [-0.1, -0.05) is 15.9 Å². The Balaban J connectivity index is 2.08. The zero-order chi connectivity index (χ0) is 20.5. The molecule has 1 amide bonds. The third-order valence-corrected chi connectivity index (χ3v) is 3.68. The van der Waals surface area contributed by atoms with E-state index in [1.807, 2.05) is 0 Å². The smallest absolute Gasteiger partial charge is 0.341 e. The van der Waals surface area contributed by atoms with Crippen LogP contribution in [0.5, 0.6) is 11.5 Å². The molecule has 0 saturated carbocycles. The second-order valence-electron chi connectivity index (χ2n) is 5.28. The predicted octanol–water partition coefficient (Wildman–Crippen LogP) is 2.14. The number of nitrogens with zero attached hydrogens (tertiary/aromatic N) is 1. The maximum Gasteiger partial charge on any atom is 0.341 e. The Morgan fingerprint density at radius 3 is 2.18 bits per heavy atom. The van der Waals surface area contributed by atoms with Crippen molar-refractivity contribution in [2.75, 3.05) is 13.2 Å². The number of carboxylic acid groups (broad SMARTS) is 2. The number of nitrogens with one attached hydrogen (secondary N) is 1. The van der Waals surface area contributed by atoms with E-state index in [0.717, 1.165) is 4.47 Å². The highest BCUT2D eigenvalue weighted by Crippen LogP contribution is 2.28. The summed E-state index contributed by atoms with van der Waals surface area (Å²) in [6, 6.07) is 11.1. The summed E-state index contributed by atoms with van der Waals surface area (Å²) in [4.78, 5) is 33.3. The van der Waals surface area contributed by atoms with Crippen LogP contribution in [0.4, 0.5) is 0 Å². The van der Waals surface area contributed by atoms with Crippen LogP contribution in [0.2, 0.25) is 0 Å². The van der Waals surface area contributed by atoms with Crippen LogP contribution in [-0.2, 0) is 9.59 Å². The van der Waals surface area contributed by atoms with Crippen molar-refractivity contribution in [3.05, 3.63) is 58.1 Å². The van der Waals surface area contributed by atoms with E-state index in [0.29, 0.717) is 11.1 Å². The van der Waals surface area contributed by atoms with Gasteiger partial charge in [0.15, 0.2) is 24.7 Å². The van der Waals surface area contributed by atoms with Crippen molar-refractivity contribution in [3.8, 4) is 11.5 Å². The number of ether oxygens (including phenoxy) is 2. The van der Waals surface area contributed by atoms with E-state index in [9.17, 15) is 14.4 Å². The van der Waals surface area contributed by atoms with Gasteiger partial charge in [0.1, 0.15) is 0 Å². The number of hydrogen-bond donors (Lipinski definition) is 3. The van der Waals surface area contributed by atoms with Crippen LogP contribution in [0, 0.1) is 0 Å². The van der Waals surface area contributed by atoms with Gasteiger partial charge in [-0.15, -0.1) is 0 Å². The first-order valence-corrected chi connectivity index (χ1v) is 8.56. The van der Waals surface area contributed by atoms with Gasteiger partial charge in [-0.3, -0.25) is 4.79 Å². The maximum absolute atomic E-state index is 12.0. The number of benzene rings is 2. The highest BCUT2D eigenvalue weighted by molar-refractivity contribution is 9.10. The van der Waals surface area contributed by atoms with Gasteiger partial charge in [0.25, 0.3) is 5.91 Å². The summed E-state index contributed by atoms with van der Waals surface area (Å²) in [6.45, 7) is -1.25. The number of hydrazone groups is 1. The lowest BCUT2D eigenvalue weighted by Gasteiger charge is -2.11. The Bertz CT molecular complexity index is 897. The molecule has 3 N–H and O–H groups in total. The third-order valence-electron chi connectivity index (χ3n) is 3.16. The number of amides is 1. The van der Waals surface area contributed by atoms with E-state index >= 15 is 0 Å². The van der Waals surface area contributed by atoms with E-state index in [2.05, 4.69) is 26.5 Å². The molecule has 0 fully saturated rings. The Morgan fingerprint density at radius 2 is 1.57 bits per heavy atom. The molecule has 0 heterocycles. The zero-order valence-electron chi connectivity index (χ0n) is 14.3. The summed E-state index contributed by atoms with van der Waals surface area (Å²) in [7, 11) is 0. The second-order valence-corrected chi connectivity index (χ2v) is 6.19. The maximum atomic E-state index is 12.0. The Kier molecular flexibility index (Phi) is 7.52. The van der Waals surface area contributed by atoms with Crippen LogP contribution in [0.25, 0.3) is 0 Å². The molecule has 28 heavy (non-hydrogen) atoms. The minimum absolute atomic E-state index is 0.0341. The summed E-state index contributed by atoms with van der Waals surface area (Å²) < 4.78 is 11.0. The number of hydrogen-bond acceptors (Lipinski definition) is 6. The van der Waals surface area contributed by atoms with Crippen LogP contribution < -0.4 is 14.9 Å². The van der Waals surface area contributed by atoms with Crippen LogP contribution in [-0.4, -0.2) is 47.5 Å². The van der Waals surface area contributed by atoms with Crippen LogP contribution in [0.3, 0.4) is 0 Å². The molecule has 10 heteroatoms. The second kappa shape index (κ2) is 10.1. The van der Waals surface area contributed by atoms with E-state index < -0.39 is 31.1 Å². The fourth-order valence-corrected chi connectivity index (χ4v) is 2.21. The van der Waals surface area contributed by atoms with Crippen molar-refractivity contribution in [1.29, 1.82) is 0 Å². The molecular formula is C18H15BrN2O7. The fraction of sp³-hybridized carbons (Fsp3) is 0.111. The largest absolute Gasteiger partial charge is 0.479 e. The number of carbonyl (C=O) groups is 3. The van der Waals surface area contributed by atoms with Crippen molar-refractivity contribution >= 4 is 40.0 Å². The summed E-state index contributed by atoms with van der Waals surface area (Å²) >= 11 is 3.28. The summed E-state index contributed by atoms with van der Waals surface area (Å²) in [6.07, 6.45) is 1.32. The molecule has 2 rings (SSSR count). The molecule has 0 aromatic heterocycles. The Hall–Kier alpha value is -3.40. The first kappa shape index (κ1) is 20.9. The fourth-order valence-electron chi connectivity index (χ4n) is 1.95. The molecular weight excluding hydrogens is 436 g/mol. The highest BCUT2D eigenvalue weighted by Gasteiger charge is 2.10. The number of aliphatic carboxylic acids is 2. The molecule has 2 aromatic carbocycles. The Labute approximate surface area is 167 Å². The van der Waals surface area contributed by atoms with Crippen molar-refractivity contribution in [2.24, 2.45) is 5.10 Å². The summed E-state index contributed by atoms with van der Waals surface area (Å²) in [5.74, 6) is -2.70. The molecule has 0 atom stereocenters. The minimum atomic E-state index is -1.20. The average Bonchev–Trinajstić information content (AvgIpc) is 2.65.